The highest BCUT2D eigenvalue weighted by molar-refractivity contribution is 6.30. The second kappa shape index (κ2) is 11.5. The summed E-state index contributed by atoms with van der Waals surface area (Å²) in [7, 11) is 0. The van der Waals surface area contributed by atoms with Gasteiger partial charge in [-0.3, -0.25) is 4.90 Å². The van der Waals surface area contributed by atoms with Gasteiger partial charge in [-0.05, 0) is 60.7 Å². The van der Waals surface area contributed by atoms with Crippen molar-refractivity contribution in [3.05, 3.63) is 88.1 Å². The van der Waals surface area contributed by atoms with E-state index in [0.29, 0.717) is 41.3 Å². The number of imidazole rings is 1. The molecule has 0 radical (unpaired) electrons. The second-order valence-corrected chi connectivity index (χ2v) is 10.8. The van der Waals surface area contributed by atoms with Crippen molar-refractivity contribution in [2.45, 2.75) is 51.0 Å². The summed E-state index contributed by atoms with van der Waals surface area (Å²) in [5.74, 6) is 0.256. The molecule has 1 N–H and O–H groups in total. The number of para-hydroxylation sites is 1. The number of fused-ring (bicyclic) bond motifs is 1. The third-order valence-corrected chi connectivity index (χ3v) is 7.87. The average Bonchev–Trinajstić information content (AvgIpc) is 3.25. The molecule has 40 heavy (non-hydrogen) atoms. The molecule has 208 valence electrons. The van der Waals surface area contributed by atoms with Gasteiger partial charge in [0.05, 0.1) is 19.2 Å². The minimum Gasteiger partial charge on any atom is -0.490 e. The van der Waals surface area contributed by atoms with Gasteiger partial charge in [0.15, 0.2) is 11.3 Å². The third kappa shape index (κ3) is 5.82. The molecule has 0 aliphatic carbocycles. The van der Waals surface area contributed by atoms with Gasteiger partial charge in [-0.25, -0.2) is 19.2 Å². The summed E-state index contributed by atoms with van der Waals surface area (Å²) in [4.78, 5) is 23.0. The van der Waals surface area contributed by atoms with E-state index < -0.39 is 5.97 Å². The molecule has 2 fully saturated rings. The van der Waals surface area contributed by atoms with Gasteiger partial charge in [0, 0.05) is 31.1 Å². The quantitative estimate of drug-likeness (QED) is 0.293. The highest BCUT2D eigenvalue weighted by Crippen LogP contribution is 2.28. The number of hydrogen-bond donors (Lipinski definition) is 1. The summed E-state index contributed by atoms with van der Waals surface area (Å²) in [6.07, 6.45) is 3.22. The molecular formula is C30H30ClFN4O4. The van der Waals surface area contributed by atoms with Crippen LogP contribution in [0.2, 0.25) is 5.02 Å². The highest BCUT2D eigenvalue weighted by Gasteiger charge is 2.26. The lowest BCUT2D eigenvalue weighted by atomic mass is 10.0. The smallest absolute Gasteiger partial charge is 0.354 e. The zero-order chi connectivity index (χ0) is 27.6. The van der Waals surface area contributed by atoms with Crippen LogP contribution >= 0.6 is 11.6 Å². The number of nitrogens with zero attached hydrogens (tertiary/aromatic N) is 4. The number of aromatic carboxylic acids is 1. The number of halogens is 2. The highest BCUT2D eigenvalue weighted by atomic mass is 35.5. The number of piperidine rings is 1. The average molecular weight is 565 g/mol. The Morgan fingerprint density at radius 3 is 2.60 bits per heavy atom. The molecule has 0 amide bonds. The van der Waals surface area contributed by atoms with E-state index >= 15 is 0 Å². The molecule has 1 atom stereocenters. The normalized spacial score (nSPS) is 18.1. The largest absolute Gasteiger partial charge is 0.490 e. The molecule has 2 aliphatic rings. The second-order valence-electron chi connectivity index (χ2n) is 10.4. The SMILES string of the molecule is O=C(O)c1ccc2nc(CN3CCC(Oc4ccccc4Cc4ccc(Cl)cc4F)CC3)n(CC3CCO3)c2n1. The van der Waals surface area contributed by atoms with Crippen LogP contribution < -0.4 is 4.74 Å². The molecule has 10 heteroatoms. The van der Waals surface area contributed by atoms with Gasteiger partial charge in [-0.1, -0.05) is 35.9 Å². The monoisotopic (exact) mass is 564 g/mol. The van der Waals surface area contributed by atoms with Crippen molar-refractivity contribution in [1.82, 2.24) is 19.4 Å². The van der Waals surface area contributed by atoms with Crippen molar-refractivity contribution >= 4 is 28.7 Å². The molecule has 2 aliphatic heterocycles. The zero-order valence-corrected chi connectivity index (χ0v) is 22.7. The van der Waals surface area contributed by atoms with Crippen LogP contribution in [0.4, 0.5) is 4.39 Å². The molecule has 0 spiro atoms. The van der Waals surface area contributed by atoms with Crippen LogP contribution in [0.25, 0.3) is 11.2 Å². The number of carbonyl (C=O) groups is 1. The van der Waals surface area contributed by atoms with Crippen molar-refractivity contribution in [1.29, 1.82) is 0 Å². The van der Waals surface area contributed by atoms with Crippen LogP contribution in [0, 0.1) is 5.82 Å². The molecule has 0 bridgehead atoms. The van der Waals surface area contributed by atoms with Crippen LogP contribution in [0.5, 0.6) is 5.75 Å². The molecular weight excluding hydrogens is 535 g/mol. The molecule has 4 heterocycles. The Balaban J connectivity index is 1.12. The number of likely N-dealkylation sites (tertiary alicyclic amines) is 1. The summed E-state index contributed by atoms with van der Waals surface area (Å²) in [5, 5.41) is 9.81. The predicted molar refractivity (Wildman–Crippen MR) is 148 cm³/mol. The number of carboxylic acid groups (broad SMARTS) is 1. The number of hydrogen-bond acceptors (Lipinski definition) is 6. The van der Waals surface area contributed by atoms with E-state index in [1.807, 2.05) is 28.8 Å². The number of rotatable bonds is 9. The fourth-order valence-corrected chi connectivity index (χ4v) is 5.47. The first-order valence-corrected chi connectivity index (χ1v) is 13.9. The molecule has 1 unspecified atom stereocenters. The lowest BCUT2D eigenvalue weighted by Gasteiger charge is -2.33. The van der Waals surface area contributed by atoms with Crippen LogP contribution in [0.3, 0.4) is 0 Å². The lowest BCUT2D eigenvalue weighted by molar-refractivity contribution is -0.0593. The Bertz CT molecular complexity index is 1530. The summed E-state index contributed by atoms with van der Waals surface area (Å²) in [5.41, 5.74) is 2.79. The summed E-state index contributed by atoms with van der Waals surface area (Å²) in [6, 6.07) is 15.8. The van der Waals surface area contributed by atoms with E-state index in [-0.39, 0.29) is 23.7 Å². The van der Waals surface area contributed by atoms with Gasteiger partial charge >= 0.3 is 5.97 Å². The van der Waals surface area contributed by atoms with E-state index in [9.17, 15) is 14.3 Å². The van der Waals surface area contributed by atoms with Gasteiger partial charge in [0.1, 0.15) is 29.0 Å². The lowest BCUT2D eigenvalue weighted by Crippen LogP contribution is -2.39. The topological polar surface area (TPSA) is 89.7 Å². The Labute approximate surface area is 236 Å². The van der Waals surface area contributed by atoms with Crippen molar-refractivity contribution in [3.8, 4) is 5.75 Å². The van der Waals surface area contributed by atoms with Gasteiger partial charge < -0.3 is 19.1 Å². The molecule has 0 saturated carbocycles. The number of pyridine rings is 1. The number of ether oxygens (including phenoxy) is 2. The van der Waals surface area contributed by atoms with Gasteiger partial charge in [-0.15, -0.1) is 0 Å². The minimum atomic E-state index is -1.06. The van der Waals surface area contributed by atoms with Gasteiger partial charge in [-0.2, -0.15) is 0 Å². The van der Waals surface area contributed by atoms with E-state index in [1.54, 1.807) is 18.2 Å². The van der Waals surface area contributed by atoms with Gasteiger partial charge in [0.25, 0.3) is 0 Å². The van der Waals surface area contributed by atoms with Crippen LogP contribution in [-0.4, -0.2) is 62.4 Å². The third-order valence-electron chi connectivity index (χ3n) is 7.63. The Morgan fingerprint density at radius 2 is 1.88 bits per heavy atom. The molecule has 6 rings (SSSR count). The maximum absolute atomic E-state index is 14.4. The number of carboxylic acids is 1. The number of benzene rings is 2. The summed E-state index contributed by atoms with van der Waals surface area (Å²) in [6.45, 7) is 3.63. The predicted octanol–water partition coefficient (Wildman–Crippen LogP) is 5.35. The standard InChI is InChI=1S/C30H30ClFN4O4/c31-21-6-5-19(24(32)16-21)15-20-3-1-2-4-27(20)40-22-9-12-35(13-10-22)18-28-33-25-7-8-26(30(37)38)34-29(25)36(28)17-23-11-14-39-23/h1-8,16,22-23H,9-15,17-18H2,(H,37,38). The fourth-order valence-electron chi connectivity index (χ4n) is 5.31. The fraction of sp³-hybridized carbons (Fsp3) is 0.367. The number of aromatic nitrogens is 3. The molecule has 2 aromatic carbocycles. The first-order valence-electron chi connectivity index (χ1n) is 13.5. The molecule has 2 aromatic heterocycles. The van der Waals surface area contributed by atoms with Crippen molar-refractivity contribution in [2.24, 2.45) is 0 Å². The maximum Gasteiger partial charge on any atom is 0.354 e. The Kier molecular flexibility index (Phi) is 7.69. The van der Waals surface area contributed by atoms with Crippen molar-refractivity contribution in [3.63, 3.8) is 0 Å². The first kappa shape index (κ1) is 26.7. The van der Waals surface area contributed by atoms with E-state index in [1.165, 1.54) is 12.1 Å². The van der Waals surface area contributed by atoms with Gasteiger partial charge in [0.2, 0.25) is 0 Å². The molecule has 8 nitrogen and oxygen atoms in total. The minimum absolute atomic E-state index is 0.00627. The Morgan fingerprint density at radius 1 is 1.07 bits per heavy atom. The molecule has 4 aromatic rings. The van der Waals surface area contributed by atoms with Crippen molar-refractivity contribution in [2.75, 3.05) is 19.7 Å². The first-order chi connectivity index (χ1) is 19.4. The molecule has 2 saturated heterocycles. The maximum atomic E-state index is 14.4. The van der Waals surface area contributed by atoms with E-state index in [0.717, 1.165) is 56.1 Å². The summed E-state index contributed by atoms with van der Waals surface area (Å²) < 4.78 is 28.5. The van der Waals surface area contributed by atoms with Crippen LogP contribution in [0.1, 0.15) is 46.7 Å². The Hall–Kier alpha value is -3.53. The van der Waals surface area contributed by atoms with E-state index in [4.69, 9.17) is 26.1 Å². The summed E-state index contributed by atoms with van der Waals surface area (Å²) >= 11 is 5.92. The zero-order valence-electron chi connectivity index (χ0n) is 21.9. The van der Waals surface area contributed by atoms with Crippen LogP contribution in [-0.2, 0) is 24.2 Å². The van der Waals surface area contributed by atoms with Crippen LogP contribution in [0.15, 0.2) is 54.6 Å². The van der Waals surface area contributed by atoms with Crippen molar-refractivity contribution < 1.29 is 23.8 Å². The van der Waals surface area contributed by atoms with E-state index in [2.05, 4.69) is 9.88 Å².